The molecular formula is C40H45Cl2N5O2. The number of aromatic amines is 2. The van der Waals surface area contributed by atoms with E-state index in [-0.39, 0.29) is 41.5 Å². The molecule has 8 rings (SSSR count). The number of benzene rings is 4. The lowest BCUT2D eigenvalue weighted by molar-refractivity contribution is -0.384. The number of nitrogens with zero attached hydrogens (tertiary/aromatic N) is 1. The Hall–Kier alpha value is -4.14. The molecule has 1 unspecified atom stereocenters. The number of rotatable bonds is 7. The fourth-order valence-corrected chi connectivity index (χ4v) is 7.49. The second-order valence-corrected chi connectivity index (χ2v) is 13.1. The van der Waals surface area contributed by atoms with Crippen molar-refractivity contribution in [1.82, 2.24) is 20.6 Å². The number of aromatic nitrogens is 2. The lowest BCUT2D eigenvalue weighted by Gasteiger charge is -2.27. The third-order valence-corrected chi connectivity index (χ3v) is 9.91. The van der Waals surface area contributed by atoms with Crippen LogP contribution in [0.3, 0.4) is 0 Å². The number of nitro benzene ring substituents is 1. The van der Waals surface area contributed by atoms with Crippen LogP contribution < -0.4 is 10.6 Å². The van der Waals surface area contributed by atoms with Crippen LogP contribution in [-0.4, -0.2) is 14.9 Å². The minimum atomic E-state index is -0.327. The van der Waals surface area contributed by atoms with Crippen molar-refractivity contribution >= 4 is 52.3 Å². The third kappa shape index (κ3) is 7.86. The molecule has 3 atom stereocenters. The van der Waals surface area contributed by atoms with Crippen molar-refractivity contribution in [2.75, 3.05) is 0 Å². The van der Waals surface area contributed by atoms with Crippen LogP contribution in [0.2, 0.25) is 0 Å². The van der Waals surface area contributed by atoms with Crippen LogP contribution in [0.5, 0.6) is 0 Å². The maximum absolute atomic E-state index is 11.0. The molecule has 256 valence electrons. The molecule has 2 aliphatic carbocycles. The predicted molar refractivity (Wildman–Crippen MR) is 205 cm³/mol. The average Bonchev–Trinajstić information content (AvgIpc) is 3.67. The summed E-state index contributed by atoms with van der Waals surface area (Å²) in [6.07, 6.45) is 6.80. The summed E-state index contributed by atoms with van der Waals surface area (Å²) in [5, 5.41) is 20.9. The first-order valence-corrected chi connectivity index (χ1v) is 16.9. The molecule has 9 heteroatoms. The standard InChI is InChI=1S/C21H24N2.C19H19N3O2.2ClH/c1-14-11-12-19-18(13-14)17-9-6-10-20(21(17)23-19)22-15(2)16-7-4-3-5-8-16;23-22(24)14-9-10-17-16(11-14)15-7-4-8-18(19(15)21-17)20-12-13-5-2-1-3-6-13;;/h3-5,7-8,11-13,15,20,22-23H,6,9-10H2,1-2H3;1-3,5-6,9-11,18,20-21H,4,7-8,12H2;2*1H/t15-,20+;;;/m0.../s1. The summed E-state index contributed by atoms with van der Waals surface area (Å²) in [6, 6.07) is 33.9. The van der Waals surface area contributed by atoms with Gasteiger partial charge in [-0.1, -0.05) is 72.3 Å². The van der Waals surface area contributed by atoms with Crippen LogP contribution in [0.25, 0.3) is 21.8 Å². The van der Waals surface area contributed by atoms with Crippen molar-refractivity contribution in [1.29, 1.82) is 0 Å². The minimum absolute atomic E-state index is 0. The molecular weight excluding hydrogens is 653 g/mol. The molecule has 0 saturated heterocycles. The highest BCUT2D eigenvalue weighted by atomic mass is 35.5. The maximum atomic E-state index is 11.0. The molecule has 0 saturated carbocycles. The predicted octanol–water partition coefficient (Wildman–Crippen LogP) is 10.3. The second-order valence-electron chi connectivity index (χ2n) is 13.1. The van der Waals surface area contributed by atoms with Crippen LogP contribution >= 0.6 is 24.8 Å². The summed E-state index contributed by atoms with van der Waals surface area (Å²) >= 11 is 0. The van der Waals surface area contributed by atoms with Crippen LogP contribution in [-0.2, 0) is 19.4 Å². The van der Waals surface area contributed by atoms with Gasteiger partial charge in [0, 0.05) is 70.0 Å². The number of hydrogen-bond donors (Lipinski definition) is 4. The zero-order valence-corrected chi connectivity index (χ0v) is 29.6. The Morgan fingerprint density at radius 2 is 1.35 bits per heavy atom. The lowest BCUT2D eigenvalue weighted by atomic mass is 9.90. The molecule has 49 heavy (non-hydrogen) atoms. The number of aryl methyl sites for hydroxylation is 3. The van der Waals surface area contributed by atoms with E-state index in [0.717, 1.165) is 36.7 Å². The van der Waals surface area contributed by atoms with E-state index in [2.05, 4.69) is 95.1 Å². The molecule has 0 amide bonds. The summed E-state index contributed by atoms with van der Waals surface area (Å²) in [5.41, 5.74) is 11.7. The van der Waals surface area contributed by atoms with Gasteiger partial charge >= 0.3 is 0 Å². The normalized spacial score (nSPS) is 17.1. The summed E-state index contributed by atoms with van der Waals surface area (Å²) in [5.74, 6) is 0. The van der Waals surface area contributed by atoms with E-state index < -0.39 is 0 Å². The first-order valence-electron chi connectivity index (χ1n) is 16.9. The number of H-pyrrole nitrogens is 2. The molecule has 0 bridgehead atoms. The Balaban J connectivity index is 0.000000184. The number of non-ortho nitro benzene ring substituents is 1. The molecule has 2 aromatic heterocycles. The summed E-state index contributed by atoms with van der Waals surface area (Å²) in [7, 11) is 0. The molecule has 0 spiro atoms. The molecule has 0 fully saturated rings. The van der Waals surface area contributed by atoms with Gasteiger partial charge in [-0.3, -0.25) is 10.1 Å². The fourth-order valence-electron chi connectivity index (χ4n) is 7.49. The van der Waals surface area contributed by atoms with Gasteiger partial charge in [0.15, 0.2) is 0 Å². The third-order valence-electron chi connectivity index (χ3n) is 9.91. The highest BCUT2D eigenvalue weighted by molar-refractivity contribution is 5.87. The number of fused-ring (bicyclic) bond motifs is 6. The van der Waals surface area contributed by atoms with Crippen molar-refractivity contribution in [2.45, 2.75) is 77.0 Å². The first kappa shape index (κ1) is 36.1. The average molecular weight is 699 g/mol. The van der Waals surface area contributed by atoms with Gasteiger partial charge in [-0.2, -0.15) is 0 Å². The molecule has 4 aromatic carbocycles. The first-order chi connectivity index (χ1) is 22.9. The molecule has 0 radical (unpaired) electrons. The topological polar surface area (TPSA) is 98.8 Å². The number of nitrogens with one attached hydrogen (secondary N) is 4. The van der Waals surface area contributed by atoms with Gasteiger partial charge in [-0.05, 0) is 92.8 Å². The van der Waals surface area contributed by atoms with E-state index in [4.69, 9.17) is 0 Å². The number of nitro groups is 1. The molecule has 4 N–H and O–H groups in total. The summed E-state index contributed by atoms with van der Waals surface area (Å²) in [6.45, 7) is 5.26. The Morgan fingerprint density at radius 3 is 2.00 bits per heavy atom. The largest absolute Gasteiger partial charge is 0.357 e. The van der Waals surface area contributed by atoms with Crippen LogP contribution in [0.15, 0.2) is 97.1 Å². The molecule has 2 heterocycles. The van der Waals surface area contributed by atoms with Crippen LogP contribution in [0, 0.1) is 17.0 Å². The molecule has 7 nitrogen and oxygen atoms in total. The highest BCUT2D eigenvalue weighted by Crippen LogP contribution is 2.37. The van der Waals surface area contributed by atoms with Crippen LogP contribution in [0.1, 0.15) is 89.9 Å². The van der Waals surface area contributed by atoms with Crippen LogP contribution in [0.4, 0.5) is 5.69 Å². The summed E-state index contributed by atoms with van der Waals surface area (Å²) in [4.78, 5) is 17.9. The van der Waals surface area contributed by atoms with E-state index in [1.807, 2.05) is 24.3 Å². The quantitative estimate of drug-likeness (QED) is 0.0985. The van der Waals surface area contributed by atoms with Gasteiger partial charge < -0.3 is 20.6 Å². The van der Waals surface area contributed by atoms with Crippen molar-refractivity contribution in [3.63, 3.8) is 0 Å². The van der Waals surface area contributed by atoms with E-state index in [9.17, 15) is 10.1 Å². The Bertz CT molecular complexity index is 2010. The fraction of sp³-hybridized carbons (Fsp3) is 0.300. The van der Waals surface area contributed by atoms with Gasteiger partial charge in [0.2, 0.25) is 0 Å². The SMILES string of the molecule is Cc1ccc2[nH]c3c(c2c1)CCC[C@H]3N[C@@H](C)c1ccccc1.Cl.Cl.O=[N+]([O-])c1ccc2[nH]c3c(c2c1)CCCC3NCc1ccccc1. The van der Waals surface area contributed by atoms with E-state index in [1.54, 1.807) is 12.1 Å². The zero-order valence-electron chi connectivity index (χ0n) is 28.0. The summed E-state index contributed by atoms with van der Waals surface area (Å²) < 4.78 is 0. The van der Waals surface area contributed by atoms with E-state index in [0.29, 0.717) is 12.1 Å². The molecule has 6 aromatic rings. The lowest BCUT2D eigenvalue weighted by Crippen LogP contribution is -2.27. The minimum Gasteiger partial charge on any atom is -0.357 e. The second kappa shape index (κ2) is 16.0. The van der Waals surface area contributed by atoms with Crippen molar-refractivity contribution in [3.8, 4) is 0 Å². The molecule has 0 aliphatic heterocycles. The Labute approximate surface area is 300 Å². The van der Waals surface area contributed by atoms with Crippen molar-refractivity contribution in [3.05, 3.63) is 146 Å². The molecule has 2 aliphatic rings. The van der Waals surface area contributed by atoms with Crippen molar-refractivity contribution in [2.24, 2.45) is 0 Å². The van der Waals surface area contributed by atoms with Crippen molar-refractivity contribution < 1.29 is 4.92 Å². The Morgan fingerprint density at radius 1 is 0.776 bits per heavy atom. The van der Waals surface area contributed by atoms with Gasteiger partial charge in [0.25, 0.3) is 5.69 Å². The van der Waals surface area contributed by atoms with Gasteiger partial charge in [-0.15, -0.1) is 24.8 Å². The zero-order chi connectivity index (χ0) is 32.3. The highest BCUT2D eigenvalue weighted by Gasteiger charge is 2.26. The smallest absolute Gasteiger partial charge is 0.270 e. The van der Waals surface area contributed by atoms with Gasteiger partial charge in [0.1, 0.15) is 0 Å². The maximum Gasteiger partial charge on any atom is 0.270 e. The monoisotopic (exact) mass is 697 g/mol. The number of hydrogen-bond acceptors (Lipinski definition) is 4. The van der Waals surface area contributed by atoms with E-state index >= 15 is 0 Å². The van der Waals surface area contributed by atoms with E-state index in [1.165, 1.54) is 69.4 Å². The van der Waals surface area contributed by atoms with Gasteiger partial charge in [-0.25, -0.2) is 0 Å². The Kier molecular flexibility index (Phi) is 11.8. The van der Waals surface area contributed by atoms with Gasteiger partial charge in [0.05, 0.1) is 4.92 Å². The number of halogens is 2.